The van der Waals surface area contributed by atoms with Crippen molar-refractivity contribution in [3.8, 4) is 0 Å². The van der Waals surface area contributed by atoms with Gasteiger partial charge in [0.25, 0.3) is 6.47 Å². The second kappa shape index (κ2) is 7.41. The predicted octanol–water partition coefficient (Wildman–Crippen LogP) is 2.89. The van der Waals surface area contributed by atoms with Crippen LogP contribution in [0.1, 0.15) is 39.0 Å². The number of alkyl halides is 1. The van der Waals surface area contributed by atoms with Crippen LogP contribution < -0.4 is 0 Å². The van der Waals surface area contributed by atoms with E-state index in [4.69, 9.17) is 21.5 Å². The molecule has 1 rings (SSSR count). The monoisotopic (exact) mass is 192 g/mol. The van der Waals surface area contributed by atoms with Crippen molar-refractivity contribution >= 4 is 18.1 Å². The van der Waals surface area contributed by atoms with E-state index < -0.39 is 0 Å². The van der Waals surface area contributed by atoms with Crippen LogP contribution in [-0.4, -0.2) is 17.0 Å². The summed E-state index contributed by atoms with van der Waals surface area (Å²) in [6, 6.07) is 0. The van der Waals surface area contributed by atoms with Gasteiger partial charge in [-0.15, -0.1) is 11.6 Å². The Kier molecular flexibility index (Phi) is 7.26. The van der Waals surface area contributed by atoms with Crippen molar-refractivity contribution in [1.82, 2.24) is 0 Å². The van der Waals surface area contributed by atoms with E-state index in [2.05, 4.69) is 6.92 Å². The van der Waals surface area contributed by atoms with Gasteiger partial charge in [0, 0.05) is 5.38 Å². The van der Waals surface area contributed by atoms with Gasteiger partial charge in [-0.1, -0.05) is 19.3 Å². The van der Waals surface area contributed by atoms with E-state index in [1.807, 2.05) is 0 Å². The second-order valence-corrected chi connectivity index (χ2v) is 3.87. The van der Waals surface area contributed by atoms with Crippen LogP contribution in [0.15, 0.2) is 0 Å². The Balaban J connectivity index is 0.000000354. The van der Waals surface area contributed by atoms with Crippen LogP contribution in [0.3, 0.4) is 0 Å². The molecule has 1 atom stereocenters. The van der Waals surface area contributed by atoms with E-state index in [1.54, 1.807) is 0 Å². The van der Waals surface area contributed by atoms with Gasteiger partial charge < -0.3 is 5.11 Å². The van der Waals surface area contributed by atoms with E-state index in [1.165, 1.54) is 32.1 Å². The molecule has 3 heteroatoms. The van der Waals surface area contributed by atoms with Crippen molar-refractivity contribution in [2.45, 2.75) is 44.4 Å². The lowest BCUT2D eigenvalue weighted by molar-refractivity contribution is -0.122. The van der Waals surface area contributed by atoms with Crippen molar-refractivity contribution in [2.24, 2.45) is 5.92 Å². The van der Waals surface area contributed by atoms with Crippen LogP contribution >= 0.6 is 11.6 Å². The first kappa shape index (κ1) is 11.8. The molecular formula is C9H17ClO2. The van der Waals surface area contributed by atoms with E-state index in [9.17, 15) is 0 Å². The molecule has 0 saturated heterocycles. The molecule has 1 N–H and O–H groups in total. The van der Waals surface area contributed by atoms with Crippen molar-refractivity contribution in [1.29, 1.82) is 0 Å². The van der Waals surface area contributed by atoms with Gasteiger partial charge >= 0.3 is 0 Å². The second-order valence-electron chi connectivity index (χ2n) is 3.18. The van der Waals surface area contributed by atoms with Gasteiger partial charge in [-0.2, -0.15) is 0 Å². The first-order valence-electron chi connectivity index (χ1n) is 4.44. The Morgan fingerprint density at radius 2 is 1.83 bits per heavy atom. The van der Waals surface area contributed by atoms with Crippen molar-refractivity contribution < 1.29 is 9.90 Å². The van der Waals surface area contributed by atoms with Crippen molar-refractivity contribution in [2.75, 3.05) is 0 Å². The molecule has 0 aromatic rings. The third-order valence-electron chi connectivity index (χ3n) is 2.30. The summed E-state index contributed by atoms with van der Waals surface area (Å²) in [5.41, 5.74) is 0. The fourth-order valence-corrected chi connectivity index (χ4v) is 1.85. The summed E-state index contributed by atoms with van der Waals surface area (Å²) < 4.78 is 0. The maximum atomic E-state index is 8.36. The van der Waals surface area contributed by atoms with E-state index in [0.29, 0.717) is 5.38 Å². The smallest absolute Gasteiger partial charge is 0.290 e. The molecular weight excluding hydrogens is 176 g/mol. The minimum Gasteiger partial charge on any atom is -0.483 e. The summed E-state index contributed by atoms with van der Waals surface area (Å²) in [5, 5.41) is 7.30. The molecule has 0 radical (unpaired) electrons. The third kappa shape index (κ3) is 5.42. The number of carbonyl (C=O) groups is 1. The van der Waals surface area contributed by atoms with Gasteiger partial charge in [-0.25, -0.2) is 0 Å². The van der Waals surface area contributed by atoms with Crippen molar-refractivity contribution in [3.63, 3.8) is 0 Å². The zero-order chi connectivity index (χ0) is 9.40. The summed E-state index contributed by atoms with van der Waals surface area (Å²) in [7, 11) is 0. The Morgan fingerprint density at radius 1 is 1.42 bits per heavy atom. The number of hydrogen-bond acceptors (Lipinski definition) is 1. The molecule has 1 fully saturated rings. The lowest BCUT2D eigenvalue weighted by Gasteiger charge is -2.23. The highest BCUT2D eigenvalue weighted by Gasteiger charge is 2.17. The van der Waals surface area contributed by atoms with Gasteiger partial charge in [0.1, 0.15) is 0 Å². The molecule has 0 aromatic carbocycles. The molecule has 0 bridgehead atoms. The molecule has 0 heterocycles. The lowest BCUT2D eigenvalue weighted by Crippen LogP contribution is -2.14. The van der Waals surface area contributed by atoms with Crippen LogP contribution in [0.5, 0.6) is 0 Å². The Morgan fingerprint density at radius 3 is 2.08 bits per heavy atom. The highest BCUT2D eigenvalue weighted by molar-refractivity contribution is 6.20. The average Bonchev–Trinajstić information content (AvgIpc) is 2.07. The number of halogens is 1. The van der Waals surface area contributed by atoms with Crippen LogP contribution in [-0.2, 0) is 4.79 Å². The van der Waals surface area contributed by atoms with Gasteiger partial charge in [0.15, 0.2) is 0 Å². The van der Waals surface area contributed by atoms with Crippen molar-refractivity contribution in [3.05, 3.63) is 0 Å². The maximum absolute atomic E-state index is 8.36. The highest BCUT2D eigenvalue weighted by Crippen LogP contribution is 2.28. The summed E-state index contributed by atoms with van der Waals surface area (Å²) in [6.07, 6.45) is 6.97. The SMILES string of the molecule is CC(Cl)C1CCCCC1.O=CO. The molecule has 1 saturated carbocycles. The summed E-state index contributed by atoms with van der Waals surface area (Å²) in [6.45, 7) is 1.87. The maximum Gasteiger partial charge on any atom is 0.290 e. The summed E-state index contributed by atoms with van der Waals surface area (Å²) >= 11 is 5.96. The average molecular weight is 193 g/mol. The largest absolute Gasteiger partial charge is 0.483 e. The molecule has 12 heavy (non-hydrogen) atoms. The van der Waals surface area contributed by atoms with E-state index in [0.717, 1.165) is 5.92 Å². The quantitative estimate of drug-likeness (QED) is 0.513. The predicted molar refractivity (Wildman–Crippen MR) is 50.6 cm³/mol. The first-order valence-corrected chi connectivity index (χ1v) is 4.88. The Bertz CT molecular complexity index is 109. The minimum absolute atomic E-state index is 0.250. The summed E-state index contributed by atoms with van der Waals surface area (Å²) in [5.74, 6) is 0.820. The number of carboxylic acid groups (broad SMARTS) is 1. The van der Waals surface area contributed by atoms with Crippen LogP contribution in [0.25, 0.3) is 0 Å². The standard InChI is InChI=1S/C8H15Cl.CH2O2/c1-7(9)8-5-3-2-4-6-8;2-1-3/h7-8H,2-6H2,1H3;1H,(H,2,3). The van der Waals surface area contributed by atoms with Crippen LogP contribution in [0, 0.1) is 5.92 Å². The van der Waals surface area contributed by atoms with Gasteiger partial charge in [0.05, 0.1) is 0 Å². The highest BCUT2D eigenvalue weighted by atomic mass is 35.5. The molecule has 0 spiro atoms. The van der Waals surface area contributed by atoms with Gasteiger partial charge in [-0.3, -0.25) is 4.79 Å². The summed E-state index contributed by atoms with van der Waals surface area (Å²) in [4.78, 5) is 8.36. The molecule has 1 unspecified atom stereocenters. The zero-order valence-corrected chi connectivity index (χ0v) is 8.26. The minimum atomic E-state index is -0.250. The molecule has 0 aliphatic heterocycles. The molecule has 0 aromatic heterocycles. The normalized spacial score (nSPS) is 20.5. The molecule has 2 nitrogen and oxygen atoms in total. The Labute approximate surface area is 78.9 Å². The van der Waals surface area contributed by atoms with Gasteiger partial charge in [0.2, 0.25) is 0 Å². The molecule has 1 aliphatic rings. The topological polar surface area (TPSA) is 37.3 Å². The fraction of sp³-hybridized carbons (Fsp3) is 0.889. The third-order valence-corrected chi connectivity index (χ3v) is 2.66. The lowest BCUT2D eigenvalue weighted by atomic mass is 9.87. The first-order chi connectivity index (χ1) is 5.72. The van der Waals surface area contributed by atoms with Crippen LogP contribution in [0.2, 0.25) is 0 Å². The number of rotatable bonds is 1. The van der Waals surface area contributed by atoms with E-state index >= 15 is 0 Å². The molecule has 0 amide bonds. The van der Waals surface area contributed by atoms with Crippen LogP contribution in [0.4, 0.5) is 0 Å². The Hall–Kier alpha value is -0.240. The number of hydrogen-bond donors (Lipinski definition) is 1. The fourth-order valence-electron chi connectivity index (χ4n) is 1.59. The molecule has 1 aliphatic carbocycles. The van der Waals surface area contributed by atoms with E-state index in [-0.39, 0.29) is 6.47 Å². The zero-order valence-electron chi connectivity index (χ0n) is 7.50. The molecule has 72 valence electrons. The van der Waals surface area contributed by atoms with Gasteiger partial charge in [-0.05, 0) is 25.7 Å².